The predicted molar refractivity (Wildman–Crippen MR) is 115 cm³/mol. The minimum atomic E-state index is -2.91. The first-order valence-corrected chi connectivity index (χ1v) is 10.9. The van der Waals surface area contributed by atoms with Crippen LogP contribution in [0.15, 0.2) is 58.3 Å². The Morgan fingerprint density at radius 2 is 1.97 bits per heavy atom. The fraction of sp³-hybridized carbons (Fsp3) is 0.261. The molecule has 0 radical (unpaired) electrons. The van der Waals surface area contributed by atoms with E-state index in [1.54, 1.807) is 31.2 Å². The third-order valence-electron chi connectivity index (χ3n) is 5.74. The van der Waals surface area contributed by atoms with Gasteiger partial charge in [-0.2, -0.15) is 8.78 Å². The molecule has 5 rings (SSSR count). The molecular weight excluding hydrogens is 454 g/mol. The van der Waals surface area contributed by atoms with E-state index in [0.717, 1.165) is 0 Å². The highest BCUT2D eigenvalue weighted by Crippen LogP contribution is 2.47. The Bertz CT molecular complexity index is 1420. The third kappa shape index (κ3) is 3.50. The van der Waals surface area contributed by atoms with E-state index in [0.29, 0.717) is 26.2 Å². The fourth-order valence-electron chi connectivity index (χ4n) is 4.33. The summed E-state index contributed by atoms with van der Waals surface area (Å²) in [4.78, 5) is 31.3. The zero-order valence-corrected chi connectivity index (χ0v) is 18.3. The van der Waals surface area contributed by atoms with Crippen molar-refractivity contribution >= 4 is 23.4 Å². The van der Waals surface area contributed by atoms with Gasteiger partial charge >= 0.3 is 12.6 Å². The van der Waals surface area contributed by atoms with Gasteiger partial charge in [0.25, 0.3) is 5.56 Å². The Balaban J connectivity index is 1.67. The van der Waals surface area contributed by atoms with Gasteiger partial charge in [-0.3, -0.25) is 14.2 Å². The second kappa shape index (κ2) is 7.80. The molecule has 0 fully saturated rings. The zero-order valence-electron chi connectivity index (χ0n) is 17.5. The Morgan fingerprint density at radius 3 is 2.67 bits per heavy atom. The van der Waals surface area contributed by atoms with Gasteiger partial charge in [0.2, 0.25) is 5.72 Å². The molecular formula is C23H18F2N2O5S. The summed E-state index contributed by atoms with van der Waals surface area (Å²) >= 11 is 1.17. The molecule has 2 aliphatic heterocycles. The second-order valence-electron chi connectivity index (χ2n) is 7.77. The molecule has 1 aromatic heterocycles. The van der Waals surface area contributed by atoms with Crippen LogP contribution in [-0.4, -0.2) is 30.0 Å². The van der Waals surface area contributed by atoms with Crippen molar-refractivity contribution in [3.63, 3.8) is 0 Å². The quantitative estimate of drug-likeness (QED) is 0.545. The number of carbonyl (C=O) groups excluding carboxylic acids is 1. The largest absolute Gasteiger partial charge is 0.469 e. The Hall–Kier alpha value is -3.53. The van der Waals surface area contributed by atoms with Gasteiger partial charge in [0.15, 0.2) is 4.80 Å². The summed E-state index contributed by atoms with van der Waals surface area (Å²) < 4.78 is 42.2. The monoisotopic (exact) mass is 472 g/mol. The van der Waals surface area contributed by atoms with Crippen molar-refractivity contribution in [1.29, 1.82) is 0 Å². The maximum Gasteiger partial charge on any atom is 0.387 e. The molecule has 170 valence electrons. The normalized spacial score (nSPS) is 23.2. The minimum Gasteiger partial charge on any atom is -0.469 e. The van der Waals surface area contributed by atoms with E-state index < -0.39 is 30.3 Å². The van der Waals surface area contributed by atoms with Crippen LogP contribution >= 0.6 is 11.3 Å². The van der Waals surface area contributed by atoms with Crippen LogP contribution in [0.25, 0.3) is 6.08 Å². The van der Waals surface area contributed by atoms with Crippen LogP contribution in [0.1, 0.15) is 24.1 Å². The van der Waals surface area contributed by atoms with E-state index in [9.17, 15) is 18.4 Å². The first kappa shape index (κ1) is 21.3. The predicted octanol–water partition coefficient (Wildman–Crippen LogP) is 2.46. The standard InChI is InChI=1S/C23H18F2N2O5S/c1-23-17(20(29)30-2)18(14-5-3-4-6-15(14)32-23)27-19(28)16(33-22(27)26-23)11-12-7-9-13(10-8-12)31-21(24)25/h3-11,17-18,21H,1-2H3/b16-11-. The SMILES string of the molecule is COC(=O)C1C2c3ccccc3OC1(C)N=c1s/c(=C\c3ccc(OC(F)F)cc3)c(=O)n12. The van der Waals surface area contributed by atoms with Gasteiger partial charge in [-0.25, -0.2) is 4.99 Å². The van der Waals surface area contributed by atoms with Crippen molar-refractivity contribution in [3.8, 4) is 11.5 Å². The van der Waals surface area contributed by atoms with Gasteiger partial charge < -0.3 is 14.2 Å². The van der Waals surface area contributed by atoms with Crippen molar-refractivity contribution in [2.45, 2.75) is 25.3 Å². The van der Waals surface area contributed by atoms with Crippen LogP contribution in [0.5, 0.6) is 11.5 Å². The van der Waals surface area contributed by atoms with Crippen molar-refractivity contribution in [3.05, 3.63) is 79.3 Å². The van der Waals surface area contributed by atoms with Crippen molar-refractivity contribution in [2.24, 2.45) is 10.9 Å². The molecule has 2 aromatic carbocycles. The van der Waals surface area contributed by atoms with E-state index in [1.165, 1.54) is 35.1 Å². The van der Waals surface area contributed by atoms with E-state index in [4.69, 9.17) is 9.47 Å². The van der Waals surface area contributed by atoms with E-state index in [-0.39, 0.29) is 11.3 Å². The fourth-order valence-corrected chi connectivity index (χ4v) is 5.43. The molecule has 0 N–H and O–H groups in total. The molecule has 10 heteroatoms. The number of fused-ring (bicyclic) bond motifs is 6. The highest BCUT2D eigenvalue weighted by Gasteiger charge is 2.55. The number of hydrogen-bond acceptors (Lipinski definition) is 7. The van der Waals surface area contributed by atoms with Gasteiger partial charge in [-0.1, -0.05) is 41.7 Å². The first-order valence-electron chi connectivity index (χ1n) is 10.0. The van der Waals surface area contributed by atoms with Crippen molar-refractivity contribution in [2.75, 3.05) is 7.11 Å². The first-order chi connectivity index (χ1) is 15.8. The van der Waals surface area contributed by atoms with Gasteiger partial charge in [0, 0.05) is 5.56 Å². The molecule has 3 unspecified atom stereocenters. The lowest BCUT2D eigenvalue weighted by molar-refractivity contribution is -0.158. The molecule has 2 aliphatic rings. The molecule has 3 heterocycles. The summed E-state index contributed by atoms with van der Waals surface area (Å²) in [7, 11) is 1.29. The number of benzene rings is 2. The number of hydrogen-bond donors (Lipinski definition) is 0. The van der Waals surface area contributed by atoms with Crippen LogP contribution in [0.2, 0.25) is 0 Å². The van der Waals surface area contributed by atoms with Gasteiger partial charge in [-0.05, 0) is 36.8 Å². The van der Waals surface area contributed by atoms with Crippen LogP contribution in [-0.2, 0) is 9.53 Å². The van der Waals surface area contributed by atoms with Gasteiger partial charge in [0.1, 0.15) is 17.4 Å². The second-order valence-corrected chi connectivity index (χ2v) is 8.78. The molecule has 0 aliphatic carbocycles. The molecule has 7 nitrogen and oxygen atoms in total. The Morgan fingerprint density at radius 1 is 1.24 bits per heavy atom. The number of rotatable bonds is 4. The van der Waals surface area contributed by atoms with E-state index in [1.807, 2.05) is 18.2 Å². The smallest absolute Gasteiger partial charge is 0.387 e. The van der Waals surface area contributed by atoms with Crippen LogP contribution in [0, 0.1) is 5.92 Å². The molecule has 3 atom stereocenters. The molecule has 0 saturated heterocycles. The molecule has 33 heavy (non-hydrogen) atoms. The van der Waals surface area contributed by atoms with Crippen molar-refractivity contribution < 1.29 is 27.8 Å². The van der Waals surface area contributed by atoms with Gasteiger partial charge in [0.05, 0.1) is 17.7 Å². The molecule has 2 bridgehead atoms. The lowest BCUT2D eigenvalue weighted by atomic mass is 9.81. The van der Waals surface area contributed by atoms with E-state index >= 15 is 0 Å². The summed E-state index contributed by atoms with van der Waals surface area (Å²) in [5.74, 6) is -0.797. The minimum absolute atomic E-state index is 0.0238. The van der Waals surface area contributed by atoms with E-state index in [2.05, 4.69) is 9.73 Å². The molecule has 3 aromatic rings. The average Bonchev–Trinajstić information content (AvgIpc) is 3.07. The third-order valence-corrected chi connectivity index (χ3v) is 6.72. The van der Waals surface area contributed by atoms with Crippen molar-refractivity contribution in [1.82, 2.24) is 4.57 Å². The maximum atomic E-state index is 13.5. The summed E-state index contributed by atoms with van der Waals surface area (Å²) in [6.45, 7) is -1.21. The number of carbonyl (C=O) groups is 1. The molecule has 0 amide bonds. The molecule has 0 saturated carbocycles. The number of aromatic nitrogens is 1. The number of esters is 1. The number of ether oxygens (including phenoxy) is 3. The lowest BCUT2D eigenvalue weighted by Gasteiger charge is -2.44. The lowest BCUT2D eigenvalue weighted by Crippen LogP contribution is -2.58. The number of nitrogens with zero attached hydrogens (tertiary/aromatic N) is 2. The Kier molecular flexibility index (Phi) is 5.04. The summed E-state index contributed by atoms with van der Waals surface area (Å²) in [6, 6.07) is 12.5. The van der Waals surface area contributed by atoms with Crippen LogP contribution < -0.4 is 24.4 Å². The highest BCUT2D eigenvalue weighted by atomic mass is 32.1. The number of alkyl halides is 2. The summed E-state index contributed by atoms with van der Waals surface area (Å²) in [5.41, 5.74) is -0.233. The number of thiazole rings is 1. The highest BCUT2D eigenvalue weighted by molar-refractivity contribution is 7.07. The number of methoxy groups -OCH3 is 1. The van der Waals surface area contributed by atoms with Gasteiger partial charge in [-0.15, -0.1) is 0 Å². The van der Waals surface area contributed by atoms with Crippen LogP contribution in [0.3, 0.4) is 0 Å². The Labute approximate surface area is 190 Å². The average molecular weight is 472 g/mol. The summed E-state index contributed by atoms with van der Waals surface area (Å²) in [6.07, 6.45) is 1.65. The maximum absolute atomic E-state index is 13.5. The topological polar surface area (TPSA) is 79.1 Å². The number of halogens is 2. The number of para-hydroxylation sites is 1. The zero-order chi connectivity index (χ0) is 23.3. The molecule has 0 spiro atoms. The van der Waals surface area contributed by atoms with Crippen LogP contribution in [0.4, 0.5) is 8.78 Å². The summed E-state index contributed by atoms with van der Waals surface area (Å²) in [5, 5.41) is 0.